The summed E-state index contributed by atoms with van der Waals surface area (Å²) in [7, 11) is 0. The van der Waals surface area contributed by atoms with E-state index >= 15 is 0 Å². The first-order chi connectivity index (χ1) is 11.9. The number of aryl methyl sites for hydroxylation is 1. The second-order valence-electron chi connectivity index (χ2n) is 6.32. The number of hydrogen-bond donors (Lipinski definition) is 1. The summed E-state index contributed by atoms with van der Waals surface area (Å²) in [5, 5.41) is 8.48. The highest BCUT2D eigenvalue weighted by Gasteiger charge is 2.32. The summed E-state index contributed by atoms with van der Waals surface area (Å²) in [5.41, 5.74) is 1.84. The maximum Gasteiger partial charge on any atom is 0.333 e. The van der Waals surface area contributed by atoms with Crippen molar-refractivity contribution in [3.05, 3.63) is 42.5 Å². The molecule has 7 nitrogen and oxygen atoms in total. The molecule has 25 heavy (non-hydrogen) atoms. The number of esters is 1. The molecule has 0 atom stereocenters. The molecule has 0 amide bonds. The summed E-state index contributed by atoms with van der Waals surface area (Å²) < 4.78 is 6.70. The first kappa shape index (κ1) is 16.9. The van der Waals surface area contributed by atoms with E-state index in [0.29, 0.717) is 12.4 Å². The van der Waals surface area contributed by atoms with Crippen molar-refractivity contribution in [3.8, 4) is 0 Å². The number of carbonyl (C=O) groups excluding carboxylic acids is 1. The van der Waals surface area contributed by atoms with Gasteiger partial charge in [-0.25, -0.2) is 14.8 Å². The van der Waals surface area contributed by atoms with Crippen LogP contribution in [0.2, 0.25) is 0 Å². The standard InChI is InChI=1S/C18H21N5O2/c1-5-25-17(24)18(3,4)23-10-13(9-21-23)22-16-14-8-12(2)6-7-15(14)19-11-20-16/h6-11H,5H2,1-4H3,(H,19,20,22). The molecule has 0 saturated carbocycles. The van der Waals surface area contributed by atoms with E-state index in [-0.39, 0.29) is 5.97 Å². The van der Waals surface area contributed by atoms with E-state index in [0.717, 1.165) is 22.2 Å². The van der Waals surface area contributed by atoms with Crippen molar-refractivity contribution in [2.45, 2.75) is 33.2 Å². The van der Waals surface area contributed by atoms with Gasteiger partial charge in [0.2, 0.25) is 0 Å². The molecule has 3 aromatic rings. The van der Waals surface area contributed by atoms with Gasteiger partial charge in [0.25, 0.3) is 0 Å². The van der Waals surface area contributed by atoms with Crippen LogP contribution in [0.4, 0.5) is 11.5 Å². The number of ether oxygens (including phenoxy) is 1. The van der Waals surface area contributed by atoms with Crippen LogP contribution in [0, 0.1) is 6.92 Å². The molecule has 2 heterocycles. The fourth-order valence-corrected chi connectivity index (χ4v) is 2.50. The van der Waals surface area contributed by atoms with Crippen molar-refractivity contribution in [2.75, 3.05) is 11.9 Å². The van der Waals surface area contributed by atoms with Gasteiger partial charge in [0.05, 0.1) is 24.0 Å². The first-order valence-electron chi connectivity index (χ1n) is 8.12. The van der Waals surface area contributed by atoms with E-state index in [1.807, 2.05) is 25.1 Å². The van der Waals surface area contributed by atoms with Crippen LogP contribution >= 0.6 is 0 Å². The van der Waals surface area contributed by atoms with Crippen LogP contribution in [0.15, 0.2) is 36.9 Å². The maximum absolute atomic E-state index is 12.1. The van der Waals surface area contributed by atoms with Crippen molar-refractivity contribution in [1.29, 1.82) is 0 Å². The highest BCUT2D eigenvalue weighted by molar-refractivity contribution is 5.91. The summed E-state index contributed by atoms with van der Waals surface area (Å²) in [6, 6.07) is 6.01. The number of carbonyl (C=O) groups is 1. The molecule has 7 heteroatoms. The molecule has 3 rings (SSSR count). The number of benzene rings is 1. The molecule has 0 bridgehead atoms. The SMILES string of the molecule is CCOC(=O)C(C)(C)n1cc(Nc2ncnc3ccc(C)cc23)cn1. The molecule has 0 saturated heterocycles. The van der Waals surface area contributed by atoms with Gasteiger partial charge in [0.15, 0.2) is 5.54 Å². The average Bonchev–Trinajstić information content (AvgIpc) is 3.05. The fraction of sp³-hybridized carbons (Fsp3) is 0.333. The molecule has 1 N–H and O–H groups in total. The Morgan fingerprint density at radius 2 is 2.12 bits per heavy atom. The minimum atomic E-state index is -0.889. The molecule has 130 valence electrons. The average molecular weight is 339 g/mol. The Labute approximate surface area is 146 Å². The molecule has 1 aromatic carbocycles. The number of aromatic nitrogens is 4. The maximum atomic E-state index is 12.1. The third-order valence-electron chi connectivity index (χ3n) is 3.98. The van der Waals surface area contributed by atoms with E-state index in [9.17, 15) is 4.79 Å². The molecule has 0 radical (unpaired) electrons. The number of nitrogens with zero attached hydrogens (tertiary/aromatic N) is 4. The Balaban J connectivity index is 1.90. The third-order valence-corrected chi connectivity index (χ3v) is 3.98. The minimum Gasteiger partial charge on any atom is -0.464 e. The number of nitrogens with one attached hydrogen (secondary N) is 1. The van der Waals surface area contributed by atoms with Crippen LogP contribution in [0.5, 0.6) is 0 Å². The molecule has 0 aliphatic heterocycles. The smallest absolute Gasteiger partial charge is 0.333 e. The first-order valence-corrected chi connectivity index (χ1v) is 8.12. The van der Waals surface area contributed by atoms with Gasteiger partial charge in [-0.3, -0.25) is 4.68 Å². The molecule has 2 aromatic heterocycles. The Hall–Kier alpha value is -2.96. The number of fused-ring (bicyclic) bond motifs is 1. The lowest BCUT2D eigenvalue weighted by molar-refractivity contribution is -0.152. The highest BCUT2D eigenvalue weighted by atomic mass is 16.5. The predicted octanol–water partition coefficient (Wildman–Crippen LogP) is 3.18. The van der Waals surface area contributed by atoms with Gasteiger partial charge in [-0.05, 0) is 39.8 Å². The molecule has 0 spiro atoms. The van der Waals surface area contributed by atoms with Crippen molar-refractivity contribution >= 4 is 28.4 Å². The van der Waals surface area contributed by atoms with E-state index < -0.39 is 5.54 Å². The van der Waals surface area contributed by atoms with Gasteiger partial charge in [-0.15, -0.1) is 0 Å². The molecule has 0 aliphatic rings. The Kier molecular flexibility index (Phi) is 4.39. The Morgan fingerprint density at radius 3 is 2.88 bits per heavy atom. The van der Waals surface area contributed by atoms with Crippen molar-refractivity contribution in [2.24, 2.45) is 0 Å². The lowest BCUT2D eigenvalue weighted by Gasteiger charge is -2.22. The molecule has 0 aliphatic carbocycles. The van der Waals surface area contributed by atoms with Crippen LogP contribution in [-0.4, -0.2) is 32.3 Å². The van der Waals surface area contributed by atoms with Crippen LogP contribution in [0.3, 0.4) is 0 Å². The third kappa shape index (κ3) is 3.31. The van der Waals surface area contributed by atoms with Gasteiger partial charge in [-0.1, -0.05) is 11.6 Å². The van der Waals surface area contributed by atoms with E-state index in [1.54, 1.807) is 37.8 Å². The largest absolute Gasteiger partial charge is 0.464 e. The summed E-state index contributed by atoms with van der Waals surface area (Å²) in [4.78, 5) is 20.7. The Morgan fingerprint density at radius 1 is 1.32 bits per heavy atom. The summed E-state index contributed by atoms with van der Waals surface area (Å²) in [5.74, 6) is 0.370. The summed E-state index contributed by atoms with van der Waals surface area (Å²) >= 11 is 0. The van der Waals surface area contributed by atoms with Crippen LogP contribution < -0.4 is 5.32 Å². The number of hydrogen-bond acceptors (Lipinski definition) is 6. The summed E-state index contributed by atoms with van der Waals surface area (Å²) in [6.07, 6.45) is 4.94. The van der Waals surface area contributed by atoms with Crippen LogP contribution in [0.1, 0.15) is 26.3 Å². The van der Waals surface area contributed by atoms with Gasteiger partial charge in [0.1, 0.15) is 12.1 Å². The van der Waals surface area contributed by atoms with E-state index in [2.05, 4.69) is 20.4 Å². The molecular formula is C18H21N5O2. The molecular weight excluding hydrogens is 318 g/mol. The highest BCUT2D eigenvalue weighted by Crippen LogP contribution is 2.25. The van der Waals surface area contributed by atoms with E-state index in [1.165, 1.54) is 6.33 Å². The second kappa shape index (κ2) is 6.51. The number of rotatable bonds is 5. The van der Waals surface area contributed by atoms with Gasteiger partial charge < -0.3 is 10.1 Å². The van der Waals surface area contributed by atoms with Crippen LogP contribution in [-0.2, 0) is 15.1 Å². The monoisotopic (exact) mass is 339 g/mol. The quantitative estimate of drug-likeness (QED) is 0.719. The lowest BCUT2D eigenvalue weighted by Crippen LogP contribution is -2.37. The van der Waals surface area contributed by atoms with Crippen LogP contribution in [0.25, 0.3) is 10.9 Å². The normalized spacial score (nSPS) is 11.5. The minimum absolute atomic E-state index is 0.326. The lowest BCUT2D eigenvalue weighted by atomic mass is 10.1. The second-order valence-corrected chi connectivity index (χ2v) is 6.32. The Bertz CT molecular complexity index is 917. The molecule has 0 fully saturated rings. The van der Waals surface area contributed by atoms with Gasteiger partial charge in [-0.2, -0.15) is 5.10 Å². The van der Waals surface area contributed by atoms with Crippen molar-refractivity contribution < 1.29 is 9.53 Å². The zero-order valence-electron chi connectivity index (χ0n) is 14.8. The zero-order valence-corrected chi connectivity index (χ0v) is 14.8. The van der Waals surface area contributed by atoms with E-state index in [4.69, 9.17) is 4.74 Å². The number of anilines is 2. The molecule has 0 unspecified atom stereocenters. The zero-order chi connectivity index (χ0) is 18.0. The van der Waals surface area contributed by atoms with Crippen molar-refractivity contribution in [3.63, 3.8) is 0 Å². The topological polar surface area (TPSA) is 81.9 Å². The predicted molar refractivity (Wildman–Crippen MR) is 95.7 cm³/mol. The summed E-state index contributed by atoms with van der Waals surface area (Å²) in [6.45, 7) is 7.68. The van der Waals surface area contributed by atoms with Crippen molar-refractivity contribution in [1.82, 2.24) is 19.7 Å². The van der Waals surface area contributed by atoms with Gasteiger partial charge >= 0.3 is 5.97 Å². The fourth-order valence-electron chi connectivity index (χ4n) is 2.50. The van der Waals surface area contributed by atoms with Gasteiger partial charge in [0, 0.05) is 11.6 Å².